The molecule has 0 aliphatic heterocycles. The monoisotopic (exact) mass is 298 g/mol. The molecule has 0 spiro atoms. The summed E-state index contributed by atoms with van der Waals surface area (Å²) in [5.74, 6) is -0.334. The summed E-state index contributed by atoms with van der Waals surface area (Å²) in [4.78, 5) is 26.9. The number of aromatic nitrogens is 4. The quantitative estimate of drug-likeness (QED) is 0.705. The van der Waals surface area contributed by atoms with E-state index >= 15 is 0 Å². The van der Waals surface area contributed by atoms with Crippen molar-refractivity contribution in [3.05, 3.63) is 46.9 Å². The van der Waals surface area contributed by atoms with Gasteiger partial charge in [-0.15, -0.1) is 0 Å². The number of carbonyl (C=O) groups is 1. The van der Waals surface area contributed by atoms with Crippen molar-refractivity contribution in [3.8, 4) is 6.07 Å². The van der Waals surface area contributed by atoms with Crippen molar-refractivity contribution in [2.45, 2.75) is 0 Å². The topological polar surface area (TPSA) is 107 Å². The molecule has 0 radical (unpaired) electrons. The van der Waals surface area contributed by atoms with Crippen molar-refractivity contribution in [3.63, 3.8) is 0 Å². The minimum atomic E-state index is -0.398. The first-order chi connectivity index (χ1) is 10.2. The zero-order chi connectivity index (χ0) is 14.8. The van der Waals surface area contributed by atoms with Crippen LogP contribution in [0.15, 0.2) is 30.6 Å². The van der Waals surface area contributed by atoms with E-state index in [1.54, 1.807) is 24.3 Å². The van der Waals surface area contributed by atoms with Gasteiger partial charge in [-0.2, -0.15) is 15.2 Å². The fourth-order valence-corrected chi connectivity index (χ4v) is 1.94. The van der Waals surface area contributed by atoms with Gasteiger partial charge >= 0.3 is 0 Å². The Bertz CT molecular complexity index is 864. The molecule has 102 valence electrons. The number of imidazole rings is 1. The Balaban J connectivity index is 1.86. The van der Waals surface area contributed by atoms with Gasteiger partial charge in [0, 0.05) is 5.56 Å². The number of nitrogens with zero attached hydrogens (tertiary/aromatic N) is 4. The normalized spacial score (nSPS) is 10.3. The van der Waals surface area contributed by atoms with E-state index in [0.717, 1.165) is 0 Å². The van der Waals surface area contributed by atoms with Gasteiger partial charge in [0.05, 0.1) is 18.0 Å². The minimum absolute atomic E-state index is 0.0639. The van der Waals surface area contributed by atoms with E-state index in [4.69, 9.17) is 16.9 Å². The number of amides is 1. The number of fused-ring (bicyclic) bond motifs is 1. The predicted octanol–water partition coefficient (Wildman–Crippen LogP) is 2.13. The van der Waals surface area contributed by atoms with Gasteiger partial charge in [-0.1, -0.05) is 11.6 Å². The first-order valence-electron chi connectivity index (χ1n) is 5.85. The minimum Gasteiger partial charge on any atom is -0.341 e. The van der Waals surface area contributed by atoms with Gasteiger partial charge in [0.2, 0.25) is 5.95 Å². The lowest BCUT2D eigenvalue weighted by molar-refractivity contribution is 0.102. The van der Waals surface area contributed by atoms with Crippen LogP contribution in [-0.4, -0.2) is 25.8 Å². The van der Waals surface area contributed by atoms with Crippen LogP contribution in [0.3, 0.4) is 0 Å². The fraction of sp³-hybridized carbons (Fsp3) is 0. The Morgan fingerprint density at radius 2 is 2.05 bits per heavy atom. The molecule has 1 amide bonds. The van der Waals surface area contributed by atoms with Crippen LogP contribution in [0.25, 0.3) is 11.2 Å². The molecule has 0 aliphatic carbocycles. The van der Waals surface area contributed by atoms with E-state index in [1.165, 1.54) is 6.33 Å². The maximum atomic E-state index is 12.1. The van der Waals surface area contributed by atoms with E-state index in [9.17, 15) is 4.79 Å². The molecule has 8 heteroatoms. The summed E-state index contributed by atoms with van der Waals surface area (Å²) < 4.78 is 0. The van der Waals surface area contributed by atoms with Gasteiger partial charge in [0.1, 0.15) is 5.52 Å². The second kappa shape index (κ2) is 5.19. The summed E-state index contributed by atoms with van der Waals surface area (Å²) >= 11 is 5.96. The van der Waals surface area contributed by atoms with Gasteiger partial charge in [0.15, 0.2) is 10.8 Å². The van der Waals surface area contributed by atoms with Crippen molar-refractivity contribution in [1.29, 1.82) is 5.26 Å². The molecule has 0 saturated carbocycles. The number of nitriles is 1. The Morgan fingerprint density at radius 3 is 2.76 bits per heavy atom. The molecule has 3 rings (SSSR count). The van der Waals surface area contributed by atoms with E-state index in [1.807, 2.05) is 6.07 Å². The SMILES string of the molecule is N#Cc1ccc(C(=O)Nc2nc(Cl)c3[nH]cnc3n2)cc1. The summed E-state index contributed by atoms with van der Waals surface area (Å²) in [6, 6.07) is 8.18. The molecule has 2 aromatic heterocycles. The van der Waals surface area contributed by atoms with Crippen molar-refractivity contribution < 1.29 is 4.79 Å². The van der Waals surface area contributed by atoms with E-state index in [0.29, 0.717) is 22.3 Å². The lowest BCUT2D eigenvalue weighted by Gasteiger charge is -2.04. The lowest BCUT2D eigenvalue weighted by Crippen LogP contribution is -2.14. The van der Waals surface area contributed by atoms with Gasteiger partial charge in [-0.05, 0) is 24.3 Å². The molecule has 0 atom stereocenters. The maximum absolute atomic E-state index is 12.1. The van der Waals surface area contributed by atoms with Crippen LogP contribution in [0.2, 0.25) is 5.15 Å². The van der Waals surface area contributed by atoms with Crippen LogP contribution < -0.4 is 5.32 Å². The molecule has 3 aromatic rings. The van der Waals surface area contributed by atoms with Crippen LogP contribution >= 0.6 is 11.6 Å². The van der Waals surface area contributed by atoms with Crippen LogP contribution in [0.5, 0.6) is 0 Å². The third-order valence-electron chi connectivity index (χ3n) is 2.74. The molecule has 21 heavy (non-hydrogen) atoms. The number of aromatic amines is 1. The number of hydrogen-bond donors (Lipinski definition) is 2. The van der Waals surface area contributed by atoms with Crippen LogP contribution in [0.1, 0.15) is 15.9 Å². The molecule has 0 aliphatic rings. The standard InChI is InChI=1S/C13H7ClN6O/c14-10-9-11(17-6-16-9)19-13(18-10)20-12(21)8-3-1-7(5-15)2-4-8/h1-4,6H,(H2,16,17,18,19,20,21). The highest BCUT2D eigenvalue weighted by molar-refractivity contribution is 6.33. The van der Waals surface area contributed by atoms with E-state index < -0.39 is 5.91 Å². The average Bonchev–Trinajstić information content (AvgIpc) is 2.96. The van der Waals surface area contributed by atoms with Gasteiger partial charge in [-0.3, -0.25) is 10.1 Å². The van der Waals surface area contributed by atoms with Crippen LogP contribution in [0, 0.1) is 11.3 Å². The van der Waals surface area contributed by atoms with Crippen molar-refractivity contribution >= 4 is 34.6 Å². The van der Waals surface area contributed by atoms with Crippen molar-refractivity contribution in [1.82, 2.24) is 19.9 Å². The molecule has 0 unspecified atom stereocenters. The number of H-pyrrole nitrogens is 1. The zero-order valence-electron chi connectivity index (χ0n) is 10.5. The summed E-state index contributed by atoms with van der Waals surface area (Å²) in [5, 5.41) is 11.4. The molecule has 0 fully saturated rings. The maximum Gasteiger partial charge on any atom is 0.258 e. The molecule has 0 saturated heterocycles. The first kappa shape index (κ1) is 13.0. The largest absolute Gasteiger partial charge is 0.341 e. The Morgan fingerprint density at radius 1 is 1.29 bits per heavy atom. The zero-order valence-corrected chi connectivity index (χ0v) is 11.2. The molecule has 0 bridgehead atoms. The van der Waals surface area contributed by atoms with Crippen LogP contribution in [0.4, 0.5) is 5.95 Å². The van der Waals surface area contributed by atoms with E-state index in [2.05, 4.69) is 25.3 Å². The highest BCUT2D eigenvalue weighted by atomic mass is 35.5. The highest BCUT2D eigenvalue weighted by Gasteiger charge is 2.12. The number of nitrogens with one attached hydrogen (secondary N) is 2. The van der Waals surface area contributed by atoms with Crippen molar-refractivity contribution in [2.24, 2.45) is 0 Å². The van der Waals surface area contributed by atoms with Crippen LogP contribution in [-0.2, 0) is 0 Å². The third kappa shape index (κ3) is 2.52. The number of carbonyl (C=O) groups excluding carboxylic acids is 1. The number of anilines is 1. The van der Waals surface area contributed by atoms with Gasteiger partial charge < -0.3 is 4.98 Å². The van der Waals surface area contributed by atoms with Gasteiger partial charge in [0.25, 0.3) is 5.91 Å². The average molecular weight is 299 g/mol. The lowest BCUT2D eigenvalue weighted by atomic mass is 10.1. The Labute approximate surface area is 123 Å². The summed E-state index contributed by atoms with van der Waals surface area (Å²) in [6.07, 6.45) is 1.44. The number of hydrogen-bond acceptors (Lipinski definition) is 5. The van der Waals surface area contributed by atoms with E-state index in [-0.39, 0.29) is 11.1 Å². The molecular formula is C13H7ClN6O. The smallest absolute Gasteiger partial charge is 0.258 e. The summed E-state index contributed by atoms with van der Waals surface area (Å²) in [6.45, 7) is 0. The second-order valence-electron chi connectivity index (χ2n) is 4.08. The third-order valence-corrected chi connectivity index (χ3v) is 3.02. The molecule has 2 N–H and O–H groups in total. The van der Waals surface area contributed by atoms with Crippen molar-refractivity contribution in [2.75, 3.05) is 5.32 Å². The highest BCUT2D eigenvalue weighted by Crippen LogP contribution is 2.18. The Kier molecular flexibility index (Phi) is 3.22. The fourth-order valence-electron chi connectivity index (χ4n) is 1.72. The molecule has 7 nitrogen and oxygen atoms in total. The molecular weight excluding hydrogens is 292 g/mol. The number of rotatable bonds is 2. The first-order valence-corrected chi connectivity index (χ1v) is 6.23. The summed E-state index contributed by atoms with van der Waals surface area (Å²) in [7, 11) is 0. The predicted molar refractivity (Wildman–Crippen MR) is 75.8 cm³/mol. The molecule has 2 heterocycles. The Hall–Kier alpha value is -2.98. The molecule has 1 aromatic carbocycles. The second-order valence-corrected chi connectivity index (χ2v) is 4.44. The number of benzene rings is 1. The van der Waals surface area contributed by atoms with Gasteiger partial charge in [-0.25, -0.2) is 4.98 Å². The summed E-state index contributed by atoms with van der Waals surface area (Å²) in [5.41, 5.74) is 1.73. The number of halogens is 1.